The number of aryl methyl sites for hydroxylation is 1. The van der Waals surface area contributed by atoms with Crippen LogP contribution in [-0.2, 0) is 16.1 Å². The number of aromatic nitrogens is 2. The first-order valence-corrected chi connectivity index (χ1v) is 7.88. The monoisotopic (exact) mass is 344 g/mol. The zero-order valence-electron chi connectivity index (χ0n) is 13.5. The van der Waals surface area contributed by atoms with Crippen LogP contribution in [0.3, 0.4) is 0 Å². The summed E-state index contributed by atoms with van der Waals surface area (Å²) in [7, 11) is 0. The van der Waals surface area contributed by atoms with E-state index in [-0.39, 0.29) is 13.2 Å². The van der Waals surface area contributed by atoms with Gasteiger partial charge in [-0.1, -0.05) is 23.7 Å². The second kappa shape index (κ2) is 6.93. The number of rotatable bonds is 5. The topological polar surface area (TPSA) is 52.8 Å². The van der Waals surface area contributed by atoms with Crippen LogP contribution in [0.4, 0.5) is 0 Å². The Bertz CT molecular complexity index is 889. The molecular formula is C18H17ClN2O3. The predicted molar refractivity (Wildman–Crippen MR) is 91.4 cm³/mol. The van der Waals surface area contributed by atoms with E-state index in [4.69, 9.17) is 21.1 Å². The van der Waals surface area contributed by atoms with Crippen molar-refractivity contribution in [1.29, 1.82) is 0 Å². The van der Waals surface area contributed by atoms with Gasteiger partial charge in [0.15, 0.2) is 6.61 Å². The maximum absolute atomic E-state index is 11.9. The molecule has 1 aromatic carbocycles. The van der Waals surface area contributed by atoms with E-state index in [1.807, 2.05) is 32.0 Å². The van der Waals surface area contributed by atoms with Crippen molar-refractivity contribution in [3.05, 3.63) is 64.6 Å². The quantitative estimate of drug-likeness (QED) is 0.662. The van der Waals surface area contributed by atoms with Gasteiger partial charge >= 0.3 is 5.97 Å². The molecule has 0 amide bonds. The minimum Gasteiger partial charge on any atom is -0.482 e. The van der Waals surface area contributed by atoms with Gasteiger partial charge in [0.05, 0.1) is 10.7 Å². The molecular weight excluding hydrogens is 328 g/mol. The first kappa shape index (κ1) is 16.3. The lowest BCUT2D eigenvalue weighted by Crippen LogP contribution is -2.15. The Morgan fingerprint density at radius 1 is 1.21 bits per heavy atom. The van der Waals surface area contributed by atoms with Crippen LogP contribution in [0.5, 0.6) is 5.75 Å². The fourth-order valence-electron chi connectivity index (χ4n) is 2.30. The second-order valence-electron chi connectivity index (χ2n) is 5.49. The van der Waals surface area contributed by atoms with Crippen LogP contribution in [0, 0.1) is 13.8 Å². The highest BCUT2D eigenvalue weighted by molar-refractivity contribution is 6.30. The molecule has 124 valence electrons. The molecule has 3 rings (SSSR count). The fourth-order valence-corrected chi connectivity index (χ4v) is 2.47. The highest BCUT2D eigenvalue weighted by atomic mass is 35.5. The number of benzene rings is 1. The molecule has 5 nitrogen and oxygen atoms in total. The first-order valence-electron chi connectivity index (χ1n) is 7.51. The molecule has 0 atom stereocenters. The van der Waals surface area contributed by atoms with E-state index in [1.165, 1.54) is 0 Å². The van der Waals surface area contributed by atoms with E-state index >= 15 is 0 Å². The van der Waals surface area contributed by atoms with Crippen LogP contribution in [0.1, 0.15) is 16.8 Å². The maximum atomic E-state index is 11.9. The van der Waals surface area contributed by atoms with Crippen molar-refractivity contribution in [1.82, 2.24) is 9.38 Å². The van der Waals surface area contributed by atoms with E-state index in [2.05, 4.69) is 4.98 Å². The molecule has 0 unspecified atom stereocenters. The van der Waals surface area contributed by atoms with Crippen LogP contribution in [-0.4, -0.2) is 22.0 Å². The molecule has 0 N–H and O–H groups in total. The standard InChI is InChI=1S/C18H17ClN2O3/c1-12-4-3-5-16(13(12)2)23-11-18(22)24-10-15-9-21-8-14(19)6-7-17(21)20-15/h3-9H,10-11H2,1-2H3. The van der Waals surface area contributed by atoms with Gasteiger partial charge in [-0.25, -0.2) is 9.78 Å². The molecule has 0 radical (unpaired) electrons. The molecule has 2 aromatic heterocycles. The van der Waals surface area contributed by atoms with Crippen LogP contribution >= 0.6 is 11.6 Å². The van der Waals surface area contributed by atoms with Gasteiger partial charge in [0.1, 0.15) is 18.0 Å². The number of imidazole rings is 1. The fraction of sp³-hybridized carbons (Fsp3) is 0.222. The van der Waals surface area contributed by atoms with Crippen molar-refractivity contribution in [3.8, 4) is 5.75 Å². The van der Waals surface area contributed by atoms with Crippen molar-refractivity contribution >= 4 is 23.2 Å². The summed E-state index contributed by atoms with van der Waals surface area (Å²) >= 11 is 5.93. The SMILES string of the molecule is Cc1cccc(OCC(=O)OCc2cn3cc(Cl)ccc3n2)c1C. The van der Waals surface area contributed by atoms with Gasteiger partial charge in [0, 0.05) is 12.4 Å². The molecule has 0 aliphatic heterocycles. The zero-order chi connectivity index (χ0) is 17.1. The number of hydrogen-bond acceptors (Lipinski definition) is 4. The molecule has 0 saturated carbocycles. The van der Waals surface area contributed by atoms with E-state index in [0.29, 0.717) is 16.5 Å². The Balaban J connectivity index is 1.55. The van der Waals surface area contributed by atoms with E-state index in [0.717, 1.165) is 16.8 Å². The summed E-state index contributed by atoms with van der Waals surface area (Å²) in [5.41, 5.74) is 3.53. The van der Waals surface area contributed by atoms with E-state index < -0.39 is 5.97 Å². The summed E-state index contributed by atoms with van der Waals surface area (Å²) in [6.07, 6.45) is 3.53. The first-order chi connectivity index (χ1) is 11.5. The Kier molecular flexibility index (Phi) is 4.71. The second-order valence-corrected chi connectivity index (χ2v) is 5.93. The largest absolute Gasteiger partial charge is 0.482 e. The average Bonchev–Trinajstić information content (AvgIpc) is 2.96. The smallest absolute Gasteiger partial charge is 0.344 e. The van der Waals surface area contributed by atoms with Gasteiger partial charge in [-0.2, -0.15) is 0 Å². The zero-order valence-corrected chi connectivity index (χ0v) is 14.2. The van der Waals surface area contributed by atoms with Crippen molar-refractivity contribution < 1.29 is 14.3 Å². The third-order valence-electron chi connectivity index (χ3n) is 3.75. The Hall–Kier alpha value is -2.53. The molecule has 0 bridgehead atoms. The minimum absolute atomic E-state index is 0.0916. The average molecular weight is 345 g/mol. The van der Waals surface area contributed by atoms with Gasteiger partial charge in [-0.15, -0.1) is 0 Å². The number of carbonyl (C=O) groups excluding carboxylic acids is 1. The van der Waals surface area contributed by atoms with Gasteiger partial charge in [0.2, 0.25) is 0 Å². The Morgan fingerprint density at radius 2 is 2.04 bits per heavy atom. The molecule has 3 aromatic rings. The predicted octanol–water partition coefficient (Wildman–Crippen LogP) is 3.73. The summed E-state index contributed by atoms with van der Waals surface area (Å²) in [4.78, 5) is 16.2. The van der Waals surface area contributed by atoms with Crippen LogP contribution in [0.15, 0.2) is 42.7 Å². The number of nitrogens with zero attached hydrogens (tertiary/aromatic N) is 2. The lowest BCUT2D eigenvalue weighted by Gasteiger charge is -2.10. The normalized spacial score (nSPS) is 10.8. The van der Waals surface area contributed by atoms with Crippen LogP contribution < -0.4 is 4.74 Å². The van der Waals surface area contributed by atoms with Crippen LogP contribution in [0.2, 0.25) is 5.02 Å². The number of pyridine rings is 1. The Labute approximate surface area is 144 Å². The lowest BCUT2D eigenvalue weighted by atomic mass is 10.1. The maximum Gasteiger partial charge on any atom is 0.344 e. The third kappa shape index (κ3) is 3.68. The number of esters is 1. The summed E-state index contributed by atoms with van der Waals surface area (Å²) in [6, 6.07) is 9.29. The molecule has 0 fully saturated rings. The van der Waals surface area contributed by atoms with Crippen molar-refractivity contribution in [3.63, 3.8) is 0 Å². The molecule has 0 aliphatic rings. The van der Waals surface area contributed by atoms with Crippen molar-refractivity contribution in [2.45, 2.75) is 20.5 Å². The molecule has 0 saturated heterocycles. The molecule has 24 heavy (non-hydrogen) atoms. The van der Waals surface area contributed by atoms with E-state index in [9.17, 15) is 4.79 Å². The van der Waals surface area contributed by atoms with Gasteiger partial charge < -0.3 is 13.9 Å². The number of carbonyl (C=O) groups is 1. The Morgan fingerprint density at radius 3 is 2.88 bits per heavy atom. The molecule has 0 spiro atoms. The minimum atomic E-state index is -0.439. The number of fused-ring (bicyclic) bond motifs is 1. The lowest BCUT2D eigenvalue weighted by molar-refractivity contribution is -0.147. The number of halogens is 1. The molecule has 2 heterocycles. The highest BCUT2D eigenvalue weighted by Gasteiger charge is 2.09. The van der Waals surface area contributed by atoms with Gasteiger partial charge in [-0.3, -0.25) is 0 Å². The molecule has 0 aliphatic carbocycles. The van der Waals surface area contributed by atoms with Crippen molar-refractivity contribution in [2.75, 3.05) is 6.61 Å². The summed E-state index contributed by atoms with van der Waals surface area (Å²) < 4.78 is 12.5. The number of hydrogen-bond donors (Lipinski definition) is 0. The van der Waals surface area contributed by atoms with Crippen molar-refractivity contribution in [2.24, 2.45) is 0 Å². The summed E-state index contributed by atoms with van der Waals surface area (Å²) in [6.45, 7) is 3.91. The summed E-state index contributed by atoms with van der Waals surface area (Å²) in [5, 5.41) is 0.616. The van der Waals surface area contributed by atoms with E-state index in [1.54, 1.807) is 28.9 Å². The summed E-state index contributed by atoms with van der Waals surface area (Å²) in [5.74, 6) is 0.250. The highest BCUT2D eigenvalue weighted by Crippen LogP contribution is 2.20. The van der Waals surface area contributed by atoms with Gasteiger partial charge in [-0.05, 0) is 43.2 Å². The van der Waals surface area contributed by atoms with Crippen LogP contribution in [0.25, 0.3) is 5.65 Å². The van der Waals surface area contributed by atoms with Gasteiger partial charge in [0.25, 0.3) is 0 Å². The third-order valence-corrected chi connectivity index (χ3v) is 3.97. The molecule has 6 heteroatoms. The number of ether oxygens (including phenoxy) is 2.